The Balaban J connectivity index is 2.13. The fraction of sp³-hybridized carbons (Fsp3) is 0.429. The normalized spacial score (nSPS) is 14.5. The first-order valence-electron chi connectivity index (χ1n) is 6.38. The lowest BCUT2D eigenvalue weighted by Gasteiger charge is -2.18. The van der Waals surface area contributed by atoms with E-state index in [2.05, 4.69) is 0 Å². The average Bonchev–Trinajstić information content (AvgIpc) is 2.60. The van der Waals surface area contributed by atoms with Gasteiger partial charge < -0.3 is 14.7 Å². The van der Waals surface area contributed by atoms with E-state index < -0.39 is 5.97 Å². The number of fused-ring (bicyclic) bond motifs is 1. The van der Waals surface area contributed by atoms with E-state index in [1.165, 1.54) is 0 Å². The van der Waals surface area contributed by atoms with Crippen molar-refractivity contribution in [3.05, 3.63) is 34.9 Å². The van der Waals surface area contributed by atoms with Gasteiger partial charge in [-0.1, -0.05) is 6.07 Å². The highest BCUT2D eigenvalue weighted by molar-refractivity contribution is 5.87. The molecule has 5 heteroatoms. The van der Waals surface area contributed by atoms with E-state index in [9.17, 15) is 9.59 Å². The van der Waals surface area contributed by atoms with E-state index in [1.54, 1.807) is 24.0 Å². The smallest absolute Gasteiger partial charge is 0.409 e. The van der Waals surface area contributed by atoms with Gasteiger partial charge in [0.05, 0.1) is 12.2 Å². The maximum absolute atomic E-state index is 11.7. The van der Waals surface area contributed by atoms with E-state index in [0.29, 0.717) is 31.7 Å². The van der Waals surface area contributed by atoms with Crippen molar-refractivity contribution in [1.29, 1.82) is 0 Å². The monoisotopic (exact) mass is 263 g/mol. The van der Waals surface area contributed by atoms with Crippen LogP contribution in [0.25, 0.3) is 0 Å². The molecule has 0 fully saturated rings. The Morgan fingerprint density at radius 2 is 1.95 bits per heavy atom. The van der Waals surface area contributed by atoms with Crippen LogP contribution in [0.5, 0.6) is 0 Å². The number of hydrogen-bond acceptors (Lipinski definition) is 3. The van der Waals surface area contributed by atoms with Gasteiger partial charge in [-0.25, -0.2) is 9.59 Å². The van der Waals surface area contributed by atoms with Crippen LogP contribution in [0, 0.1) is 0 Å². The molecule has 0 aliphatic carbocycles. The number of carbonyl (C=O) groups is 2. The number of carboxylic acid groups (broad SMARTS) is 1. The molecule has 0 radical (unpaired) electrons. The van der Waals surface area contributed by atoms with Gasteiger partial charge in [-0.2, -0.15) is 0 Å². The van der Waals surface area contributed by atoms with Gasteiger partial charge in [0, 0.05) is 13.1 Å². The zero-order valence-electron chi connectivity index (χ0n) is 10.9. The number of rotatable bonds is 2. The standard InChI is InChI=1S/C14H17NO4/c1-2-19-14(18)15-7-5-10-3-4-12(13(16)17)9-11(10)6-8-15/h3-4,9H,2,5-8H2,1H3,(H,16,17). The van der Waals surface area contributed by atoms with Crippen molar-refractivity contribution in [1.82, 2.24) is 4.90 Å². The number of carboxylic acids is 1. The van der Waals surface area contributed by atoms with Gasteiger partial charge >= 0.3 is 12.1 Å². The molecule has 1 heterocycles. The molecule has 102 valence electrons. The first kappa shape index (κ1) is 13.4. The summed E-state index contributed by atoms with van der Waals surface area (Å²) < 4.78 is 4.99. The van der Waals surface area contributed by atoms with Crippen molar-refractivity contribution in [2.24, 2.45) is 0 Å². The number of ether oxygens (including phenoxy) is 1. The van der Waals surface area contributed by atoms with E-state index in [1.807, 2.05) is 6.07 Å². The summed E-state index contributed by atoms with van der Waals surface area (Å²) in [5, 5.41) is 8.98. The topological polar surface area (TPSA) is 66.8 Å². The Hall–Kier alpha value is -2.04. The zero-order valence-corrected chi connectivity index (χ0v) is 10.9. The quantitative estimate of drug-likeness (QED) is 0.885. The van der Waals surface area contributed by atoms with Crippen LogP contribution in [0.1, 0.15) is 28.4 Å². The van der Waals surface area contributed by atoms with Gasteiger partial charge in [-0.15, -0.1) is 0 Å². The molecule has 19 heavy (non-hydrogen) atoms. The number of aromatic carboxylic acids is 1. The summed E-state index contributed by atoms with van der Waals surface area (Å²) in [6.07, 6.45) is 1.09. The largest absolute Gasteiger partial charge is 0.478 e. The molecule has 5 nitrogen and oxygen atoms in total. The highest BCUT2D eigenvalue weighted by Crippen LogP contribution is 2.18. The molecule has 0 saturated carbocycles. The highest BCUT2D eigenvalue weighted by atomic mass is 16.6. The van der Waals surface area contributed by atoms with E-state index in [-0.39, 0.29) is 6.09 Å². The van der Waals surface area contributed by atoms with Crippen LogP contribution in [-0.4, -0.2) is 41.8 Å². The Morgan fingerprint density at radius 3 is 2.58 bits per heavy atom. The lowest BCUT2D eigenvalue weighted by atomic mass is 10.0. The van der Waals surface area contributed by atoms with Gasteiger partial charge in [-0.3, -0.25) is 0 Å². The van der Waals surface area contributed by atoms with Gasteiger partial charge in [0.2, 0.25) is 0 Å². The molecule has 0 aromatic heterocycles. The molecular formula is C14H17NO4. The lowest BCUT2D eigenvalue weighted by Crippen LogP contribution is -2.33. The molecule has 1 N–H and O–H groups in total. The molecular weight excluding hydrogens is 246 g/mol. The second-order valence-electron chi connectivity index (χ2n) is 4.47. The average molecular weight is 263 g/mol. The van der Waals surface area contributed by atoms with E-state index >= 15 is 0 Å². The number of nitrogens with zero attached hydrogens (tertiary/aromatic N) is 1. The predicted molar refractivity (Wildman–Crippen MR) is 69.4 cm³/mol. The zero-order chi connectivity index (χ0) is 13.8. The lowest BCUT2D eigenvalue weighted by molar-refractivity contribution is 0.0696. The van der Waals surface area contributed by atoms with Crippen LogP contribution in [0.4, 0.5) is 4.79 Å². The van der Waals surface area contributed by atoms with Crippen LogP contribution in [0.2, 0.25) is 0 Å². The molecule has 1 aliphatic heterocycles. The minimum absolute atomic E-state index is 0.295. The van der Waals surface area contributed by atoms with Crippen LogP contribution in [-0.2, 0) is 17.6 Å². The first-order valence-corrected chi connectivity index (χ1v) is 6.38. The van der Waals surface area contributed by atoms with Crippen molar-refractivity contribution < 1.29 is 19.4 Å². The number of hydrogen-bond donors (Lipinski definition) is 1. The van der Waals surface area contributed by atoms with E-state index in [0.717, 1.165) is 17.5 Å². The molecule has 1 amide bonds. The summed E-state index contributed by atoms with van der Waals surface area (Å²) >= 11 is 0. The second-order valence-corrected chi connectivity index (χ2v) is 4.47. The number of amides is 1. The highest BCUT2D eigenvalue weighted by Gasteiger charge is 2.19. The minimum Gasteiger partial charge on any atom is -0.478 e. The molecule has 0 unspecified atom stereocenters. The summed E-state index contributed by atoms with van der Waals surface area (Å²) in [6, 6.07) is 5.15. The summed E-state index contributed by atoms with van der Waals surface area (Å²) in [5.74, 6) is -0.922. The first-order chi connectivity index (χ1) is 9.11. The molecule has 0 atom stereocenters. The van der Waals surface area contributed by atoms with Crippen molar-refractivity contribution in [3.63, 3.8) is 0 Å². The Kier molecular flexibility index (Phi) is 4.04. The fourth-order valence-corrected chi connectivity index (χ4v) is 2.26. The maximum Gasteiger partial charge on any atom is 0.409 e. The molecule has 0 spiro atoms. The second kappa shape index (κ2) is 5.73. The van der Waals surface area contributed by atoms with Crippen LogP contribution >= 0.6 is 0 Å². The van der Waals surface area contributed by atoms with Crippen molar-refractivity contribution >= 4 is 12.1 Å². The molecule has 2 rings (SSSR count). The van der Waals surface area contributed by atoms with Gasteiger partial charge in [0.15, 0.2) is 0 Å². The summed E-state index contributed by atoms with van der Waals surface area (Å²) in [7, 11) is 0. The third kappa shape index (κ3) is 3.05. The SMILES string of the molecule is CCOC(=O)N1CCc2ccc(C(=O)O)cc2CC1. The summed E-state index contributed by atoms with van der Waals surface area (Å²) in [6.45, 7) is 3.32. The Morgan fingerprint density at radius 1 is 1.26 bits per heavy atom. The molecule has 1 aliphatic rings. The molecule has 0 saturated heterocycles. The van der Waals surface area contributed by atoms with Crippen LogP contribution < -0.4 is 0 Å². The third-order valence-electron chi connectivity index (χ3n) is 3.28. The van der Waals surface area contributed by atoms with Gasteiger partial charge in [0.1, 0.15) is 0 Å². The predicted octanol–water partition coefficient (Wildman–Crippen LogP) is 1.94. The number of carbonyl (C=O) groups excluding carboxylic acids is 1. The molecule has 1 aromatic carbocycles. The van der Waals surface area contributed by atoms with Gasteiger partial charge in [-0.05, 0) is 43.0 Å². The number of benzene rings is 1. The summed E-state index contributed by atoms with van der Waals surface area (Å²) in [4.78, 5) is 24.3. The van der Waals surface area contributed by atoms with Crippen molar-refractivity contribution in [2.75, 3.05) is 19.7 Å². The van der Waals surface area contributed by atoms with Crippen molar-refractivity contribution in [3.8, 4) is 0 Å². The van der Waals surface area contributed by atoms with Crippen LogP contribution in [0.3, 0.4) is 0 Å². The molecule has 0 bridgehead atoms. The maximum atomic E-state index is 11.7. The minimum atomic E-state index is -0.922. The Bertz CT molecular complexity index is 498. The van der Waals surface area contributed by atoms with Crippen molar-refractivity contribution in [2.45, 2.75) is 19.8 Å². The third-order valence-corrected chi connectivity index (χ3v) is 3.28. The molecule has 1 aromatic rings. The van der Waals surface area contributed by atoms with Crippen LogP contribution in [0.15, 0.2) is 18.2 Å². The van der Waals surface area contributed by atoms with E-state index in [4.69, 9.17) is 9.84 Å². The summed E-state index contributed by atoms with van der Waals surface area (Å²) in [5.41, 5.74) is 2.41. The van der Waals surface area contributed by atoms with Gasteiger partial charge in [0.25, 0.3) is 0 Å². The fourth-order valence-electron chi connectivity index (χ4n) is 2.26. The Labute approximate surface area is 111 Å².